The third kappa shape index (κ3) is 2.75. The van der Waals surface area contributed by atoms with Crippen LogP contribution in [-0.4, -0.2) is 7.11 Å². The molecule has 5 heteroatoms. The van der Waals surface area contributed by atoms with E-state index in [1.54, 1.807) is 12.1 Å². The van der Waals surface area contributed by atoms with Crippen LogP contribution in [0.5, 0.6) is 5.75 Å². The molecule has 2 aromatic carbocycles. The van der Waals surface area contributed by atoms with Gasteiger partial charge in [0.25, 0.3) is 0 Å². The highest BCUT2D eigenvalue weighted by Crippen LogP contribution is 2.35. The van der Waals surface area contributed by atoms with E-state index in [0.29, 0.717) is 21.9 Å². The van der Waals surface area contributed by atoms with Crippen molar-refractivity contribution < 1.29 is 13.5 Å². The third-order valence-corrected chi connectivity index (χ3v) is 3.57. The Bertz CT molecular complexity index is 582. The number of methoxy groups -OCH3 is 1. The van der Waals surface area contributed by atoms with Gasteiger partial charge in [0, 0.05) is 16.7 Å². The maximum absolute atomic E-state index is 13.2. The van der Waals surface area contributed by atoms with Gasteiger partial charge in [-0.2, -0.15) is 0 Å². The van der Waals surface area contributed by atoms with Crippen LogP contribution in [0.1, 0.15) is 0 Å². The van der Waals surface area contributed by atoms with Crippen molar-refractivity contribution in [1.82, 2.24) is 0 Å². The molecule has 18 heavy (non-hydrogen) atoms. The van der Waals surface area contributed by atoms with E-state index in [4.69, 9.17) is 16.3 Å². The van der Waals surface area contributed by atoms with Crippen LogP contribution in [0.3, 0.4) is 0 Å². The lowest BCUT2D eigenvalue weighted by atomic mass is 10.1. The highest BCUT2D eigenvalue weighted by Gasteiger charge is 2.11. The lowest BCUT2D eigenvalue weighted by Crippen LogP contribution is -1.90. The molecule has 0 amide bonds. The van der Waals surface area contributed by atoms with E-state index in [1.165, 1.54) is 19.2 Å². The molecule has 0 saturated heterocycles. The summed E-state index contributed by atoms with van der Waals surface area (Å²) in [7, 11) is 1.53. The van der Waals surface area contributed by atoms with E-state index in [9.17, 15) is 8.78 Å². The summed E-state index contributed by atoms with van der Waals surface area (Å²) in [5.74, 6) is -0.670. The predicted octanol–water partition coefficient (Wildman–Crippen LogP) is 4.90. The molecule has 0 aliphatic carbocycles. The topological polar surface area (TPSA) is 9.23 Å². The van der Waals surface area contributed by atoms with Crippen LogP contribution in [0.15, 0.2) is 30.3 Å². The Balaban J connectivity index is 2.62. The summed E-state index contributed by atoms with van der Waals surface area (Å²) >= 11 is 8.17. The van der Waals surface area contributed by atoms with Gasteiger partial charge in [0.05, 0.1) is 10.7 Å². The van der Waals surface area contributed by atoms with E-state index >= 15 is 0 Å². The number of halogens is 4. The van der Waals surface area contributed by atoms with E-state index in [1.807, 2.05) is 0 Å². The zero-order chi connectivity index (χ0) is 13.3. The second-order valence-electron chi connectivity index (χ2n) is 3.62. The number of hydrogen-bond acceptors (Lipinski definition) is 1. The van der Waals surface area contributed by atoms with Gasteiger partial charge in [-0.15, -0.1) is 0 Å². The molecule has 0 bridgehead atoms. The highest BCUT2D eigenvalue weighted by molar-refractivity contribution is 14.1. The van der Waals surface area contributed by atoms with Crippen molar-refractivity contribution in [3.05, 3.63) is 50.6 Å². The molecule has 0 atom stereocenters. The third-order valence-electron chi connectivity index (χ3n) is 2.42. The zero-order valence-corrected chi connectivity index (χ0v) is 12.2. The number of rotatable bonds is 2. The maximum atomic E-state index is 13.2. The van der Waals surface area contributed by atoms with Gasteiger partial charge in [-0.3, -0.25) is 0 Å². The molecule has 0 saturated carbocycles. The van der Waals surface area contributed by atoms with Crippen LogP contribution in [0.2, 0.25) is 5.02 Å². The largest absolute Gasteiger partial charge is 0.496 e. The zero-order valence-electron chi connectivity index (χ0n) is 9.31. The number of ether oxygens (including phenoxy) is 1. The van der Waals surface area contributed by atoms with Crippen LogP contribution >= 0.6 is 34.2 Å². The molecule has 0 aromatic heterocycles. The Morgan fingerprint density at radius 2 is 1.67 bits per heavy atom. The molecule has 0 spiro atoms. The van der Waals surface area contributed by atoms with Crippen LogP contribution < -0.4 is 4.74 Å². The minimum absolute atomic E-state index is 0.382. The minimum Gasteiger partial charge on any atom is -0.496 e. The fourth-order valence-electron chi connectivity index (χ4n) is 1.62. The van der Waals surface area contributed by atoms with Crippen molar-refractivity contribution in [1.29, 1.82) is 0 Å². The molecule has 0 aliphatic rings. The number of benzene rings is 2. The molecule has 0 aliphatic heterocycles. The van der Waals surface area contributed by atoms with E-state index in [0.717, 1.165) is 9.64 Å². The van der Waals surface area contributed by atoms with Gasteiger partial charge >= 0.3 is 0 Å². The monoisotopic (exact) mass is 380 g/mol. The van der Waals surface area contributed by atoms with Crippen molar-refractivity contribution in [2.75, 3.05) is 7.11 Å². The lowest BCUT2D eigenvalue weighted by molar-refractivity contribution is 0.412. The van der Waals surface area contributed by atoms with Crippen LogP contribution in [0.4, 0.5) is 8.78 Å². The maximum Gasteiger partial charge on any atom is 0.132 e. The second kappa shape index (κ2) is 5.40. The first-order valence-electron chi connectivity index (χ1n) is 5.01. The Hall–Kier alpha value is -0.880. The molecular formula is C13H8ClF2IO. The molecule has 0 heterocycles. The Morgan fingerprint density at radius 1 is 1.06 bits per heavy atom. The molecular weight excluding hydrogens is 372 g/mol. The van der Waals surface area contributed by atoms with Crippen molar-refractivity contribution in [3.63, 3.8) is 0 Å². The average molecular weight is 381 g/mol. The average Bonchev–Trinajstić information content (AvgIpc) is 2.27. The quantitative estimate of drug-likeness (QED) is 0.674. The standard InChI is InChI=1S/C13H8ClF2IO/c1-18-13-5-10(11(14)6-12(13)17)7-2-8(15)4-9(16)3-7/h2-6H,1H3. The molecule has 0 fully saturated rings. The SMILES string of the molecule is COc1cc(-c2cc(F)cc(F)c2)c(Cl)cc1I. The summed E-state index contributed by atoms with van der Waals surface area (Å²) in [5, 5.41) is 0.421. The first kappa shape index (κ1) is 13.5. The smallest absolute Gasteiger partial charge is 0.132 e. The fourth-order valence-corrected chi connectivity index (χ4v) is 2.76. The van der Waals surface area contributed by atoms with Gasteiger partial charge < -0.3 is 4.74 Å². The van der Waals surface area contributed by atoms with Gasteiger partial charge in [0.2, 0.25) is 0 Å². The Labute approximate surface area is 122 Å². The second-order valence-corrected chi connectivity index (χ2v) is 5.19. The van der Waals surface area contributed by atoms with E-state index in [-0.39, 0.29) is 0 Å². The summed E-state index contributed by atoms with van der Waals surface area (Å²) in [5.41, 5.74) is 0.916. The van der Waals surface area contributed by atoms with Gasteiger partial charge in [-0.05, 0) is 52.4 Å². The molecule has 2 aromatic rings. The van der Waals surface area contributed by atoms with Crippen LogP contribution in [-0.2, 0) is 0 Å². The fraction of sp³-hybridized carbons (Fsp3) is 0.0769. The van der Waals surface area contributed by atoms with Gasteiger partial charge in [0.1, 0.15) is 17.4 Å². The van der Waals surface area contributed by atoms with E-state index in [2.05, 4.69) is 22.6 Å². The molecule has 1 nitrogen and oxygen atoms in total. The number of hydrogen-bond donors (Lipinski definition) is 0. The summed E-state index contributed by atoms with van der Waals surface area (Å²) < 4.78 is 32.4. The van der Waals surface area contributed by atoms with Gasteiger partial charge in [-0.25, -0.2) is 8.78 Å². The molecule has 0 unspecified atom stereocenters. The van der Waals surface area contributed by atoms with Gasteiger partial charge in [-0.1, -0.05) is 11.6 Å². The predicted molar refractivity (Wildman–Crippen MR) is 76.1 cm³/mol. The van der Waals surface area contributed by atoms with Crippen LogP contribution in [0, 0.1) is 15.2 Å². The Morgan fingerprint density at radius 3 is 2.22 bits per heavy atom. The Kier molecular flexibility index (Phi) is 4.07. The molecule has 0 N–H and O–H groups in total. The minimum atomic E-state index is -0.640. The summed E-state index contributed by atoms with van der Waals surface area (Å²) in [6.45, 7) is 0. The lowest BCUT2D eigenvalue weighted by Gasteiger charge is -2.10. The first-order valence-corrected chi connectivity index (χ1v) is 6.46. The van der Waals surface area contributed by atoms with E-state index < -0.39 is 11.6 Å². The summed E-state index contributed by atoms with van der Waals surface area (Å²) in [4.78, 5) is 0. The molecule has 2 rings (SSSR count). The molecule has 0 radical (unpaired) electrons. The van der Waals surface area contributed by atoms with Crippen molar-refractivity contribution in [3.8, 4) is 16.9 Å². The first-order chi connectivity index (χ1) is 8.51. The van der Waals surface area contributed by atoms with Crippen LogP contribution in [0.25, 0.3) is 11.1 Å². The normalized spacial score (nSPS) is 10.5. The summed E-state index contributed by atoms with van der Waals surface area (Å²) in [6, 6.07) is 6.64. The molecule has 94 valence electrons. The summed E-state index contributed by atoms with van der Waals surface area (Å²) in [6.07, 6.45) is 0. The highest BCUT2D eigenvalue weighted by atomic mass is 127. The van der Waals surface area contributed by atoms with Crippen molar-refractivity contribution >= 4 is 34.2 Å². The van der Waals surface area contributed by atoms with Gasteiger partial charge in [0.15, 0.2) is 0 Å². The van der Waals surface area contributed by atoms with Crippen molar-refractivity contribution in [2.45, 2.75) is 0 Å². The van der Waals surface area contributed by atoms with Crippen molar-refractivity contribution in [2.24, 2.45) is 0 Å².